The molecule has 0 bridgehead atoms. The molecule has 14 N–H and O–H groups in total. The lowest BCUT2D eigenvalue weighted by atomic mass is 9.99. The molecule has 0 saturated carbocycles. The van der Waals surface area contributed by atoms with Gasteiger partial charge in [0.15, 0.2) is 0 Å². The zero-order valence-corrected chi connectivity index (χ0v) is 48.1. The highest BCUT2D eigenvalue weighted by molar-refractivity contribution is 5.99. The number of aliphatic hydroxyl groups excluding tert-OH is 2. The fourth-order valence-electron chi connectivity index (χ4n) is 8.51. The van der Waals surface area contributed by atoms with Crippen LogP contribution in [0.3, 0.4) is 0 Å². The second-order valence-electron chi connectivity index (χ2n) is 20.9. The van der Waals surface area contributed by atoms with Crippen molar-refractivity contribution in [1.29, 1.82) is 0 Å². The van der Waals surface area contributed by atoms with Gasteiger partial charge in [-0.05, 0) is 49.5 Å². The maximum absolute atomic E-state index is 14.2. The van der Waals surface area contributed by atoms with E-state index in [9.17, 15) is 73.2 Å². The van der Waals surface area contributed by atoms with Crippen LogP contribution in [0.1, 0.15) is 170 Å². The number of likely N-dealkylation sites (N-methyl/N-ethyl adjacent to an activating group) is 1. The number of azide groups is 1. The number of aliphatic hydroxyl groups is 2. The lowest BCUT2D eigenvalue weighted by Crippen LogP contribution is -2.62. The predicted molar refractivity (Wildman–Crippen MR) is 294 cm³/mol. The van der Waals surface area contributed by atoms with E-state index in [4.69, 9.17) is 11.3 Å². The van der Waals surface area contributed by atoms with Crippen molar-refractivity contribution in [3.63, 3.8) is 0 Å². The SMILES string of the molecule is CCCCCCCC[C@H](NC(=O)[C@H](CC(=O)O)NC(=O)[C@H](CC(C)C)N(C)C(=O)[C@H](CO)NC(=O)[C@H](CC(C)C)NC(=O)[C@H](CO)NC(=O)[C@H](CCCCCCCC)NC(CCN=[N+]=[N-])NC(C)=O)C(=O)N[C@@H](CC(=O)O)C(N)=O. The summed E-state index contributed by atoms with van der Waals surface area (Å²) in [5.41, 5.74) is 14.1. The Bertz CT molecular complexity index is 2040. The first kappa shape index (κ1) is 73.4. The molecule has 0 aliphatic carbocycles. The first-order valence-corrected chi connectivity index (χ1v) is 27.8. The number of aliphatic carboxylic acids is 2. The van der Waals surface area contributed by atoms with Crippen LogP contribution in [0.4, 0.5) is 0 Å². The van der Waals surface area contributed by atoms with Crippen LogP contribution in [0.25, 0.3) is 10.4 Å². The Balaban J connectivity index is 6.63. The summed E-state index contributed by atoms with van der Waals surface area (Å²) in [4.78, 5) is 148. The van der Waals surface area contributed by atoms with Crippen LogP contribution in [-0.4, -0.2) is 172 Å². The molecule has 0 aromatic rings. The topological polar surface area (TPSA) is 443 Å². The number of nitrogens with zero attached hydrogens (tertiary/aromatic N) is 4. The molecule has 456 valence electrons. The molecule has 0 fully saturated rings. The van der Waals surface area contributed by atoms with E-state index in [0.717, 1.165) is 62.7 Å². The first-order chi connectivity index (χ1) is 37.8. The van der Waals surface area contributed by atoms with Crippen molar-refractivity contribution in [3.05, 3.63) is 10.4 Å². The normalized spacial score (nSPS) is 14.5. The van der Waals surface area contributed by atoms with Gasteiger partial charge < -0.3 is 68.3 Å². The monoisotopic (exact) mass is 1140 g/mol. The molecule has 28 heteroatoms. The number of unbranched alkanes of at least 4 members (excludes halogenated alkanes) is 10. The number of rotatable bonds is 45. The highest BCUT2D eigenvalue weighted by Gasteiger charge is 2.38. The quantitative estimate of drug-likeness (QED) is 0.0132. The largest absolute Gasteiger partial charge is 0.481 e. The molecule has 9 atom stereocenters. The number of hydrogen-bond donors (Lipinski definition) is 13. The van der Waals surface area contributed by atoms with E-state index in [1.807, 2.05) is 6.92 Å². The molecule has 1 unspecified atom stereocenters. The maximum Gasteiger partial charge on any atom is 0.305 e. The van der Waals surface area contributed by atoms with Crippen molar-refractivity contribution in [2.75, 3.05) is 26.8 Å². The summed E-state index contributed by atoms with van der Waals surface area (Å²) in [7, 11) is 1.18. The predicted octanol–water partition coefficient (Wildman–Crippen LogP) is 0.856. The van der Waals surface area contributed by atoms with Crippen molar-refractivity contribution in [2.24, 2.45) is 22.7 Å². The summed E-state index contributed by atoms with van der Waals surface area (Å²) >= 11 is 0. The van der Waals surface area contributed by atoms with E-state index in [0.29, 0.717) is 19.3 Å². The molecule has 0 rings (SSSR count). The van der Waals surface area contributed by atoms with Crippen LogP contribution in [0.2, 0.25) is 0 Å². The van der Waals surface area contributed by atoms with E-state index >= 15 is 0 Å². The fourth-order valence-corrected chi connectivity index (χ4v) is 8.51. The highest BCUT2D eigenvalue weighted by atomic mass is 16.4. The third-order valence-corrected chi connectivity index (χ3v) is 12.8. The van der Waals surface area contributed by atoms with Gasteiger partial charge in [-0.3, -0.25) is 58.1 Å². The van der Waals surface area contributed by atoms with Crippen LogP contribution < -0.4 is 48.3 Å². The van der Waals surface area contributed by atoms with Gasteiger partial charge in [0, 0.05) is 25.4 Å². The lowest BCUT2D eigenvalue weighted by molar-refractivity contribution is -0.145. The van der Waals surface area contributed by atoms with Gasteiger partial charge >= 0.3 is 11.9 Å². The van der Waals surface area contributed by atoms with E-state index in [1.54, 1.807) is 27.7 Å². The molecule has 0 aromatic heterocycles. The Hall–Kier alpha value is -6.64. The van der Waals surface area contributed by atoms with Gasteiger partial charge in [0.05, 0.1) is 38.3 Å². The van der Waals surface area contributed by atoms with Crippen molar-refractivity contribution >= 4 is 65.1 Å². The number of amides is 9. The van der Waals surface area contributed by atoms with Crippen molar-refractivity contribution in [1.82, 2.24) is 47.4 Å². The highest BCUT2D eigenvalue weighted by Crippen LogP contribution is 2.16. The van der Waals surface area contributed by atoms with E-state index in [1.165, 1.54) is 14.0 Å². The number of carboxylic acid groups (broad SMARTS) is 2. The van der Waals surface area contributed by atoms with Gasteiger partial charge in [-0.15, -0.1) is 0 Å². The third-order valence-electron chi connectivity index (χ3n) is 12.8. The van der Waals surface area contributed by atoms with Gasteiger partial charge in [-0.2, -0.15) is 0 Å². The van der Waals surface area contributed by atoms with Gasteiger partial charge in [0.25, 0.3) is 0 Å². The van der Waals surface area contributed by atoms with Crippen molar-refractivity contribution in [2.45, 2.75) is 225 Å². The molecule has 0 aromatic carbocycles. The zero-order valence-electron chi connectivity index (χ0n) is 48.1. The molecule has 0 radical (unpaired) electrons. The Labute approximate surface area is 469 Å². The minimum Gasteiger partial charge on any atom is -0.481 e. The number of carboxylic acids is 2. The molecule has 80 heavy (non-hydrogen) atoms. The molecule has 9 amide bonds. The number of carbonyl (C=O) groups excluding carboxylic acids is 9. The average molecular weight is 1140 g/mol. The van der Waals surface area contributed by atoms with Crippen LogP contribution >= 0.6 is 0 Å². The Morgan fingerprint density at radius 2 is 0.938 bits per heavy atom. The Kier molecular flexibility index (Phi) is 37.9. The Morgan fingerprint density at radius 1 is 0.525 bits per heavy atom. The van der Waals surface area contributed by atoms with Crippen LogP contribution in [-0.2, 0) is 52.7 Å². The summed E-state index contributed by atoms with van der Waals surface area (Å²) in [6.45, 7) is 10.3. The number of hydrogen-bond acceptors (Lipinski definition) is 15. The molecule has 0 aliphatic heterocycles. The molecule has 28 nitrogen and oxygen atoms in total. The number of nitrogens with two attached hydrogens (primary N) is 1. The average Bonchev–Trinajstić information content (AvgIpc) is 3.37. The smallest absolute Gasteiger partial charge is 0.305 e. The Morgan fingerprint density at radius 3 is 1.43 bits per heavy atom. The second-order valence-corrected chi connectivity index (χ2v) is 20.9. The minimum atomic E-state index is -1.86. The van der Waals surface area contributed by atoms with Gasteiger partial charge in [-0.1, -0.05) is 124 Å². The van der Waals surface area contributed by atoms with Gasteiger partial charge in [0.2, 0.25) is 53.2 Å². The van der Waals surface area contributed by atoms with Gasteiger partial charge in [-0.25, -0.2) is 0 Å². The molecule has 0 heterocycles. The molecular weight excluding hydrogens is 1050 g/mol. The van der Waals surface area contributed by atoms with Crippen molar-refractivity contribution in [3.8, 4) is 0 Å². The second kappa shape index (κ2) is 41.4. The minimum absolute atomic E-state index is 0.0166. The lowest BCUT2D eigenvalue weighted by Gasteiger charge is -2.33. The molecule has 0 saturated heterocycles. The standard InChI is InChI=1S/C52H93N13O15/c1-9-11-13-15-17-19-21-34(57-42(56-33(7)68)23-24-55-64-54)46(74)62-39(29-66)50(78)60-37(25-31(3)4)48(76)63-40(30-67)52(80)65(8)41(26-32(5)6)51(79)61-38(28-44(71)72)49(77)58-35(22-20-18-16-14-12-10-2)47(75)59-36(45(53)73)27-43(69)70/h31-32,34-42,57,66-67H,9-30H2,1-8H3,(H2,53,73)(H,56,68)(H,58,77)(H,59,75)(H,60,78)(H,61,79)(H,62,74)(H,63,76)(H,69,70)(H,71,72)/t34-,35-,36-,37-,38-,39-,40-,41-,42?/m0/s1. The van der Waals surface area contributed by atoms with E-state index < -0.39 is 146 Å². The fraction of sp³-hybridized carbons (Fsp3) is 0.788. The van der Waals surface area contributed by atoms with Crippen LogP contribution in [0.15, 0.2) is 5.11 Å². The van der Waals surface area contributed by atoms with Crippen LogP contribution in [0, 0.1) is 11.8 Å². The molecule has 0 spiro atoms. The summed E-state index contributed by atoms with van der Waals surface area (Å²) in [5, 5.41) is 63.7. The van der Waals surface area contributed by atoms with Gasteiger partial charge in [0.1, 0.15) is 42.3 Å². The number of carbonyl (C=O) groups is 11. The summed E-state index contributed by atoms with van der Waals surface area (Å²) in [6.07, 6.45) is 7.48. The third kappa shape index (κ3) is 31.2. The van der Waals surface area contributed by atoms with Crippen molar-refractivity contribution < 1.29 is 73.2 Å². The molecule has 0 aliphatic rings. The summed E-state index contributed by atoms with van der Waals surface area (Å²) in [6, 6.07) is -12.2. The summed E-state index contributed by atoms with van der Waals surface area (Å²) < 4.78 is 0. The number of primary amides is 1. The summed E-state index contributed by atoms with van der Waals surface area (Å²) in [5.74, 6) is -12.0. The molecular formula is C52H93N13O15. The van der Waals surface area contributed by atoms with E-state index in [-0.39, 0.29) is 50.5 Å². The first-order valence-electron chi connectivity index (χ1n) is 27.8. The number of nitrogens with one attached hydrogen (secondary N) is 8. The maximum atomic E-state index is 14.2. The van der Waals surface area contributed by atoms with E-state index in [2.05, 4.69) is 59.5 Å². The zero-order chi connectivity index (χ0) is 60.9. The van der Waals surface area contributed by atoms with Crippen LogP contribution in [0.5, 0.6) is 0 Å².